The first kappa shape index (κ1) is 24.5. The molecule has 2 N–H and O–H groups in total. The zero-order valence-electron chi connectivity index (χ0n) is 20.1. The second kappa shape index (κ2) is 10.7. The molecule has 7 heteroatoms. The molecule has 2 aliphatic carbocycles. The van der Waals surface area contributed by atoms with Crippen LogP contribution in [0.25, 0.3) is 0 Å². The number of aliphatic hydroxyl groups excluding tert-OH is 1. The van der Waals surface area contributed by atoms with Gasteiger partial charge in [0, 0.05) is 12.0 Å². The Kier molecular flexibility index (Phi) is 7.71. The number of fused-ring (bicyclic) bond motifs is 1. The molecule has 2 fully saturated rings. The van der Waals surface area contributed by atoms with E-state index in [1.807, 2.05) is 49.4 Å². The lowest BCUT2D eigenvalue weighted by Gasteiger charge is -2.35. The molecule has 34 heavy (non-hydrogen) atoms. The van der Waals surface area contributed by atoms with Gasteiger partial charge in [-0.05, 0) is 31.2 Å². The number of allylic oxidation sites excluding steroid dienone is 1. The van der Waals surface area contributed by atoms with Gasteiger partial charge in [-0.25, -0.2) is 0 Å². The molecule has 184 valence electrons. The summed E-state index contributed by atoms with van der Waals surface area (Å²) >= 11 is 0. The van der Waals surface area contributed by atoms with E-state index in [1.54, 1.807) is 6.92 Å². The Balaban J connectivity index is 1.72. The predicted octanol–water partition coefficient (Wildman–Crippen LogP) is 3.00. The number of hydrogen-bond donors (Lipinski definition) is 2. The Morgan fingerprint density at radius 2 is 1.85 bits per heavy atom. The van der Waals surface area contributed by atoms with Crippen LogP contribution in [0.3, 0.4) is 0 Å². The molecule has 1 aromatic carbocycles. The summed E-state index contributed by atoms with van der Waals surface area (Å²) in [5.74, 6) is -2.88. The average molecular weight is 469 g/mol. The standard InChI is InChI=1S/C27H36N2O5/c1-3-34-27(33)22-17(2)14-15-20-23(22)26(32)29(21(16-30)18-10-6-4-7-11-18)24(20)25(31)28-19-12-8-5-9-13-19/h4,6-7,10-11,14-15,17,19-24,30H,3,5,8-9,12-13,16H2,1-2H3,(H,28,31)/t17-,20+,21-,22-,23-,24+/m1/s1. The number of likely N-dealkylation sites (tertiary alicyclic amines) is 1. The molecule has 0 bridgehead atoms. The maximum absolute atomic E-state index is 14.0. The third-order valence-corrected chi connectivity index (χ3v) is 7.68. The van der Waals surface area contributed by atoms with Crippen molar-refractivity contribution >= 4 is 17.8 Å². The molecule has 1 heterocycles. The molecule has 7 nitrogen and oxygen atoms in total. The van der Waals surface area contributed by atoms with Gasteiger partial charge in [0.05, 0.1) is 31.1 Å². The van der Waals surface area contributed by atoms with Crippen molar-refractivity contribution in [2.24, 2.45) is 23.7 Å². The van der Waals surface area contributed by atoms with E-state index in [4.69, 9.17) is 4.74 Å². The Morgan fingerprint density at radius 3 is 2.50 bits per heavy atom. The molecular weight excluding hydrogens is 432 g/mol. The molecule has 0 spiro atoms. The van der Waals surface area contributed by atoms with Crippen LogP contribution in [0.5, 0.6) is 0 Å². The summed E-state index contributed by atoms with van der Waals surface area (Å²) in [5, 5.41) is 13.6. The van der Waals surface area contributed by atoms with Crippen molar-refractivity contribution in [2.75, 3.05) is 13.2 Å². The quantitative estimate of drug-likeness (QED) is 0.474. The maximum atomic E-state index is 14.0. The van der Waals surface area contributed by atoms with Gasteiger partial charge < -0.3 is 20.1 Å². The van der Waals surface area contributed by atoms with Gasteiger partial charge in [0.1, 0.15) is 6.04 Å². The van der Waals surface area contributed by atoms with Gasteiger partial charge in [0.15, 0.2) is 0 Å². The fraction of sp³-hybridized carbons (Fsp3) is 0.593. The highest BCUT2D eigenvalue weighted by atomic mass is 16.5. The number of aliphatic hydroxyl groups is 1. The molecule has 6 atom stereocenters. The lowest BCUT2D eigenvalue weighted by molar-refractivity contribution is -0.155. The molecule has 2 amide bonds. The van der Waals surface area contributed by atoms with E-state index in [1.165, 1.54) is 11.3 Å². The van der Waals surface area contributed by atoms with Crippen molar-refractivity contribution in [1.82, 2.24) is 10.2 Å². The largest absolute Gasteiger partial charge is 0.466 e. The number of ether oxygens (including phenoxy) is 1. The number of nitrogens with zero attached hydrogens (tertiary/aromatic N) is 1. The fourth-order valence-corrected chi connectivity index (χ4v) is 6.03. The molecule has 1 saturated carbocycles. The van der Waals surface area contributed by atoms with Crippen molar-refractivity contribution in [1.29, 1.82) is 0 Å². The second-order valence-electron chi connectivity index (χ2n) is 9.77. The molecule has 1 aliphatic heterocycles. The Hall–Kier alpha value is -2.67. The lowest BCUT2D eigenvalue weighted by atomic mass is 9.70. The molecule has 0 unspecified atom stereocenters. The fourth-order valence-electron chi connectivity index (χ4n) is 6.03. The van der Waals surface area contributed by atoms with E-state index in [0.717, 1.165) is 31.2 Å². The van der Waals surface area contributed by atoms with Gasteiger partial charge in [-0.2, -0.15) is 0 Å². The normalized spacial score (nSPS) is 30.0. The van der Waals surface area contributed by atoms with E-state index in [0.29, 0.717) is 0 Å². The summed E-state index contributed by atoms with van der Waals surface area (Å²) in [6.45, 7) is 3.57. The number of benzene rings is 1. The number of carbonyl (C=O) groups excluding carboxylic acids is 3. The third-order valence-electron chi connectivity index (χ3n) is 7.68. The van der Waals surface area contributed by atoms with Gasteiger partial charge in [0.2, 0.25) is 11.8 Å². The highest BCUT2D eigenvalue weighted by Crippen LogP contribution is 2.47. The number of carbonyl (C=O) groups is 3. The van der Waals surface area contributed by atoms with Crippen LogP contribution in [0.15, 0.2) is 42.5 Å². The molecule has 1 saturated heterocycles. The van der Waals surface area contributed by atoms with E-state index < -0.39 is 35.8 Å². The van der Waals surface area contributed by atoms with Crippen LogP contribution in [0.2, 0.25) is 0 Å². The maximum Gasteiger partial charge on any atom is 0.310 e. The van der Waals surface area contributed by atoms with E-state index >= 15 is 0 Å². The van der Waals surface area contributed by atoms with Crippen molar-refractivity contribution in [3.63, 3.8) is 0 Å². The van der Waals surface area contributed by atoms with Crippen molar-refractivity contribution in [3.05, 3.63) is 48.0 Å². The van der Waals surface area contributed by atoms with Gasteiger partial charge in [-0.1, -0.05) is 68.7 Å². The highest BCUT2D eigenvalue weighted by Gasteiger charge is 2.58. The first-order valence-electron chi connectivity index (χ1n) is 12.6. The minimum Gasteiger partial charge on any atom is -0.466 e. The smallest absolute Gasteiger partial charge is 0.310 e. The minimum absolute atomic E-state index is 0.0916. The lowest BCUT2D eigenvalue weighted by Crippen LogP contribution is -2.51. The zero-order chi connectivity index (χ0) is 24.2. The molecular formula is C27H36N2O5. The summed E-state index contributed by atoms with van der Waals surface area (Å²) < 4.78 is 5.34. The van der Waals surface area contributed by atoms with Crippen LogP contribution in [0, 0.1) is 23.7 Å². The van der Waals surface area contributed by atoms with Gasteiger partial charge in [0.25, 0.3) is 0 Å². The van der Waals surface area contributed by atoms with Gasteiger partial charge in [-0.15, -0.1) is 0 Å². The average Bonchev–Trinajstić information content (AvgIpc) is 3.13. The number of rotatable bonds is 7. The van der Waals surface area contributed by atoms with Gasteiger partial charge in [-0.3, -0.25) is 14.4 Å². The predicted molar refractivity (Wildman–Crippen MR) is 127 cm³/mol. The second-order valence-corrected chi connectivity index (χ2v) is 9.77. The van der Waals surface area contributed by atoms with Gasteiger partial charge >= 0.3 is 5.97 Å². The van der Waals surface area contributed by atoms with Crippen LogP contribution in [0.4, 0.5) is 0 Å². The topological polar surface area (TPSA) is 95.9 Å². The highest BCUT2D eigenvalue weighted by molar-refractivity contribution is 5.96. The van der Waals surface area contributed by atoms with Crippen molar-refractivity contribution in [3.8, 4) is 0 Å². The molecule has 0 aromatic heterocycles. The number of amides is 2. The summed E-state index contributed by atoms with van der Waals surface area (Å²) in [6, 6.07) is 7.91. The van der Waals surface area contributed by atoms with Crippen molar-refractivity contribution in [2.45, 2.75) is 64.1 Å². The Morgan fingerprint density at radius 1 is 1.15 bits per heavy atom. The third kappa shape index (κ3) is 4.63. The zero-order valence-corrected chi connectivity index (χ0v) is 20.1. The number of nitrogens with one attached hydrogen (secondary N) is 1. The summed E-state index contributed by atoms with van der Waals surface area (Å²) in [4.78, 5) is 42.2. The van der Waals surface area contributed by atoms with Crippen LogP contribution in [0.1, 0.15) is 57.6 Å². The first-order valence-corrected chi connectivity index (χ1v) is 12.6. The molecule has 3 aliphatic rings. The number of esters is 1. The SMILES string of the molecule is CCOC(=O)[C@H]1[C@@H]2C(=O)N([C@H](CO)c3ccccc3)[C@H](C(=O)NC3CCCCC3)[C@H]2C=C[C@H]1C. The van der Waals surface area contributed by atoms with Crippen molar-refractivity contribution < 1.29 is 24.2 Å². The Bertz CT molecular complexity index is 911. The monoisotopic (exact) mass is 468 g/mol. The van der Waals surface area contributed by atoms with Crippen LogP contribution >= 0.6 is 0 Å². The minimum atomic E-state index is -0.794. The van der Waals surface area contributed by atoms with E-state index in [-0.39, 0.29) is 37.0 Å². The first-order chi connectivity index (χ1) is 16.5. The molecule has 4 rings (SSSR count). The number of hydrogen-bond acceptors (Lipinski definition) is 5. The molecule has 1 aromatic rings. The van der Waals surface area contributed by atoms with E-state index in [2.05, 4.69) is 5.32 Å². The summed E-state index contributed by atoms with van der Waals surface area (Å²) in [7, 11) is 0. The molecule has 0 radical (unpaired) electrons. The summed E-state index contributed by atoms with van der Waals surface area (Å²) in [6.07, 6.45) is 9.05. The van der Waals surface area contributed by atoms with Crippen LogP contribution in [-0.2, 0) is 19.1 Å². The van der Waals surface area contributed by atoms with Crippen LogP contribution < -0.4 is 5.32 Å². The summed E-state index contributed by atoms with van der Waals surface area (Å²) in [5.41, 5.74) is 0.761. The van der Waals surface area contributed by atoms with E-state index in [9.17, 15) is 19.5 Å². The van der Waals surface area contributed by atoms with Crippen LogP contribution in [-0.4, -0.2) is 53.1 Å². The Labute approximate surface area is 201 Å².